The first kappa shape index (κ1) is 17.1. The summed E-state index contributed by atoms with van der Waals surface area (Å²) < 4.78 is 13.2. The molecule has 2 rings (SSSR count). The highest BCUT2D eigenvalue weighted by Gasteiger charge is 2.15. The zero-order valence-corrected chi connectivity index (χ0v) is 12.9. The standard InChI is InChI=1S/C14H15FN6O3/c1-21(2)11-6-5-10(19-20-11)18-14(24)8-3-4-9(15)17-13(8)16-7-12(22)23/h3-6H,7H2,1-2H3,(H,16,17)(H,22,23)(H,18,19,24). The van der Waals surface area contributed by atoms with Crippen LogP contribution in [0.5, 0.6) is 0 Å². The Morgan fingerprint density at radius 2 is 1.96 bits per heavy atom. The molecule has 0 radical (unpaired) electrons. The van der Waals surface area contributed by atoms with Gasteiger partial charge in [-0.2, -0.15) is 4.39 Å². The van der Waals surface area contributed by atoms with E-state index < -0.39 is 24.4 Å². The van der Waals surface area contributed by atoms with Crippen LogP contribution in [0.25, 0.3) is 0 Å². The molecule has 0 aromatic carbocycles. The predicted molar refractivity (Wildman–Crippen MR) is 84.6 cm³/mol. The minimum Gasteiger partial charge on any atom is -0.480 e. The lowest BCUT2D eigenvalue weighted by atomic mass is 10.2. The van der Waals surface area contributed by atoms with Gasteiger partial charge in [0.15, 0.2) is 11.6 Å². The largest absolute Gasteiger partial charge is 0.480 e. The van der Waals surface area contributed by atoms with E-state index in [0.29, 0.717) is 5.82 Å². The number of amides is 1. The molecule has 24 heavy (non-hydrogen) atoms. The third-order valence-electron chi connectivity index (χ3n) is 2.86. The van der Waals surface area contributed by atoms with Crippen molar-refractivity contribution in [3.63, 3.8) is 0 Å². The summed E-state index contributed by atoms with van der Waals surface area (Å²) in [4.78, 5) is 28.1. The van der Waals surface area contributed by atoms with E-state index in [4.69, 9.17) is 5.11 Å². The molecule has 9 nitrogen and oxygen atoms in total. The molecule has 10 heteroatoms. The number of aromatic nitrogens is 3. The van der Waals surface area contributed by atoms with Crippen molar-refractivity contribution in [1.29, 1.82) is 0 Å². The van der Waals surface area contributed by atoms with E-state index in [-0.39, 0.29) is 17.2 Å². The van der Waals surface area contributed by atoms with Gasteiger partial charge in [-0.25, -0.2) is 4.98 Å². The van der Waals surface area contributed by atoms with Crippen molar-refractivity contribution < 1.29 is 19.1 Å². The molecule has 0 unspecified atom stereocenters. The fourth-order valence-corrected chi connectivity index (χ4v) is 1.73. The third-order valence-corrected chi connectivity index (χ3v) is 2.86. The molecule has 0 aliphatic carbocycles. The molecule has 0 spiro atoms. The van der Waals surface area contributed by atoms with Crippen LogP contribution in [0.4, 0.5) is 21.8 Å². The summed E-state index contributed by atoms with van der Waals surface area (Å²) in [5, 5.41) is 21.3. The Hall–Kier alpha value is -3.30. The summed E-state index contributed by atoms with van der Waals surface area (Å²) in [7, 11) is 3.60. The molecule has 0 saturated carbocycles. The maximum absolute atomic E-state index is 13.2. The fraction of sp³-hybridized carbons (Fsp3) is 0.214. The van der Waals surface area contributed by atoms with Crippen LogP contribution in [-0.2, 0) is 4.79 Å². The fourth-order valence-electron chi connectivity index (χ4n) is 1.73. The zero-order chi connectivity index (χ0) is 17.7. The number of carboxylic acids is 1. The summed E-state index contributed by atoms with van der Waals surface area (Å²) in [6, 6.07) is 5.42. The Morgan fingerprint density at radius 3 is 2.54 bits per heavy atom. The summed E-state index contributed by atoms with van der Waals surface area (Å²) >= 11 is 0. The maximum Gasteiger partial charge on any atom is 0.322 e. The van der Waals surface area contributed by atoms with Crippen LogP contribution >= 0.6 is 0 Å². The Labute approximate surface area is 136 Å². The molecule has 2 aromatic heterocycles. The quantitative estimate of drug-likeness (QED) is 0.664. The molecule has 0 aliphatic heterocycles. The second-order valence-electron chi connectivity index (χ2n) is 4.90. The van der Waals surface area contributed by atoms with E-state index in [0.717, 1.165) is 6.07 Å². The molecule has 0 atom stereocenters. The van der Waals surface area contributed by atoms with E-state index in [1.807, 2.05) is 0 Å². The molecule has 3 N–H and O–H groups in total. The highest BCUT2D eigenvalue weighted by Crippen LogP contribution is 2.16. The Morgan fingerprint density at radius 1 is 1.21 bits per heavy atom. The van der Waals surface area contributed by atoms with Crippen LogP contribution in [0.15, 0.2) is 24.3 Å². The Balaban J connectivity index is 2.18. The summed E-state index contributed by atoms with van der Waals surface area (Å²) in [6.07, 6.45) is 0. The van der Waals surface area contributed by atoms with E-state index >= 15 is 0 Å². The molecule has 0 bridgehead atoms. The van der Waals surface area contributed by atoms with Gasteiger partial charge in [0.2, 0.25) is 5.95 Å². The second kappa shape index (κ2) is 7.31. The van der Waals surface area contributed by atoms with Crippen molar-refractivity contribution in [3.8, 4) is 0 Å². The van der Waals surface area contributed by atoms with Crippen molar-refractivity contribution in [2.24, 2.45) is 0 Å². The summed E-state index contributed by atoms with van der Waals surface area (Å²) in [5.74, 6) is -2.00. The summed E-state index contributed by atoms with van der Waals surface area (Å²) in [6.45, 7) is -0.506. The van der Waals surface area contributed by atoms with Crippen molar-refractivity contribution in [2.45, 2.75) is 0 Å². The second-order valence-corrected chi connectivity index (χ2v) is 4.90. The molecule has 126 valence electrons. The van der Waals surface area contributed by atoms with E-state index in [1.165, 1.54) is 6.07 Å². The van der Waals surface area contributed by atoms with Gasteiger partial charge in [-0.1, -0.05) is 0 Å². The van der Waals surface area contributed by atoms with Crippen LogP contribution in [0, 0.1) is 5.95 Å². The van der Waals surface area contributed by atoms with Gasteiger partial charge in [0.25, 0.3) is 5.91 Å². The predicted octanol–water partition coefficient (Wildman–Crippen LogP) is 0.825. The Kier molecular flexibility index (Phi) is 5.20. The number of nitrogens with one attached hydrogen (secondary N) is 2. The topological polar surface area (TPSA) is 120 Å². The van der Waals surface area contributed by atoms with Gasteiger partial charge in [-0.15, -0.1) is 10.2 Å². The number of nitrogens with zero attached hydrogens (tertiary/aromatic N) is 4. The molecule has 0 fully saturated rings. The number of hydrogen-bond donors (Lipinski definition) is 3. The van der Waals surface area contributed by atoms with Crippen molar-refractivity contribution >= 4 is 29.3 Å². The number of rotatable bonds is 6. The molecule has 1 amide bonds. The third kappa shape index (κ3) is 4.35. The SMILES string of the molecule is CN(C)c1ccc(NC(=O)c2ccc(F)nc2NCC(=O)O)nn1. The van der Waals surface area contributed by atoms with Crippen molar-refractivity contribution in [3.05, 3.63) is 35.8 Å². The lowest BCUT2D eigenvalue weighted by Gasteiger charge is -2.11. The van der Waals surface area contributed by atoms with Gasteiger partial charge < -0.3 is 20.6 Å². The van der Waals surface area contributed by atoms with Crippen LogP contribution in [0.2, 0.25) is 0 Å². The lowest BCUT2D eigenvalue weighted by molar-refractivity contribution is -0.134. The van der Waals surface area contributed by atoms with E-state index in [9.17, 15) is 14.0 Å². The Bertz CT molecular complexity index is 751. The lowest BCUT2D eigenvalue weighted by Crippen LogP contribution is -2.20. The van der Waals surface area contributed by atoms with Crippen molar-refractivity contribution in [1.82, 2.24) is 15.2 Å². The molecule has 0 aliphatic rings. The average molecular weight is 334 g/mol. The minimum atomic E-state index is -1.17. The average Bonchev–Trinajstić information content (AvgIpc) is 2.53. The number of carbonyl (C=O) groups excluding carboxylic acids is 1. The number of carbonyl (C=O) groups is 2. The molecule has 2 aromatic rings. The maximum atomic E-state index is 13.2. The monoisotopic (exact) mass is 334 g/mol. The van der Waals surface area contributed by atoms with Gasteiger partial charge in [0, 0.05) is 14.1 Å². The molecule has 2 heterocycles. The highest BCUT2D eigenvalue weighted by atomic mass is 19.1. The van der Waals surface area contributed by atoms with Crippen LogP contribution in [0.1, 0.15) is 10.4 Å². The first-order chi connectivity index (χ1) is 11.4. The zero-order valence-electron chi connectivity index (χ0n) is 12.9. The van der Waals surface area contributed by atoms with Gasteiger partial charge in [0.05, 0.1) is 5.56 Å². The van der Waals surface area contributed by atoms with Crippen LogP contribution < -0.4 is 15.5 Å². The van der Waals surface area contributed by atoms with Gasteiger partial charge in [0.1, 0.15) is 12.4 Å². The number of carboxylic acid groups (broad SMARTS) is 1. The first-order valence-electron chi connectivity index (χ1n) is 6.81. The number of aliphatic carboxylic acids is 1. The van der Waals surface area contributed by atoms with Gasteiger partial charge >= 0.3 is 5.97 Å². The van der Waals surface area contributed by atoms with Gasteiger partial charge in [-0.05, 0) is 24.3 Å². The van der Waals surface area contributed by atoms with Crippen molar-refractivity contribution in [2.75, 3.05) is 36.2 Å². The highest BCUT2D eigenvalue weighted by molar-refractivity contribution is 6.07. The first-order valence-corrected chi connectivity index (χ1v) is 6.81. The number of anilines is 3. The van der Waals surface area contributed by atoms with E-state index in [2.05, 4.69) is 25.8 Å². The molecular weight excluding hydrogens is 319 g/mol. The number of hydrogen-bond acceptors (Lipinski definition) is 7. The smallest absolute Gasteiger partial charge is 0.322 e. The normalized spacial score (nSPS) is 10.1. The molecule has 0 saturated heterocycles. The van der Waals surface area contributed by atoms with Gasteiger partial charge in [-0.3, -0.25) is 9.59 Å². The number of pyridine rings is 1. The molecular formula is C14H15FN6O3. The number of halogens is 1. The summed E-state index contributed by atoms with van der Waals surface area (Å²) in [5.41, 5.74) is -0.0175. The minimum absolute atomic E-state index is 0.0175. The van der Waals surface area contributed by atoms with Crippen LogP contribution in [0.3, 0.4) is 0 Å². The van der Waals surface area contributed by atoms with E-state index in [1.54, 1.807) is 31.1 Å². The van der Waals surface area contributed by atoms with Crippen LogP contribution in [-0.4, -0.2) is 52.8 Å².